The monoisotopic (exact) mass is 326 g/mol. The first kappa shape index (κ1) is 16.4. The van der Waals surface area contributed by atoms with Crippen LogP contribution < -0.4 is 5.73 Å². The summed E-state index contributed by atoms with van der Waals surface area (Å²) < 4.78 is 27.4. The molecule has 0 aliphatic carbocycles. The maximum Gasteiger partial charge on any atom is 0.243 e. The van der Waals surface area contributed by atoms with Gasteiger partial charge in [0.1, 0.15) is 4.99 Å². The summed E-state index contributed by atoms with van der Waals surface area (Å²) in [5, 5.41) is 0. The quantitative estimate of drug-likeness (QED) is 0.866. The van der Waals surface area contributed by atoms with Crippen LogP contribution in [0.3, 0.4) is 0 Å². The molecular weight excluding hydrogens is 304 g/mol. The second-order valence-corrected chi connectivity index (χ2v) is 8.46. The number of hydrogen-bond donors (Lipinski definition) is 1. The van der Waals surface area contributed by atoms with Gasteiger partial charge in [-0.05, 0) is 36.8 Å². The average Bonchev–Trinajstić information content (AvgIpc) is 2.37. The molecule has 2 atom stereocenters. The predicted octanol–water partition coefficient (Wildman–Crippen LogP) is 2.30. The molecule has 4 nitrogen and oxygen atoms in total. The lowest BCUT2D eigenvalue weighted by Crippen LogP contribution is -2.42. The molecule has 1 heterocycles. The topological polar surface area (TPSA) is 63.4 Å². The fourth-order valence-electron chi connectivity index (χ4n) is 2.97. The molecule has 0 radical (unpaired) electrons. The number of benzene rings is 1. The number of sulfonamides is 1. The van der Waals surface area contributed by atoms with Crippen LogP contribution in [0.15, 0.2) is 23.1 Å². The van der Waals surface area contributed by atoms with Gasteiger partial charge in [-0.1, -0.05) is 38.2 Å². The summed E-state index contributed by atoms with van der Waals surface area (Å²) in [6.07, 6.45) is 1.07. The normalized spacial score (nSPS) is 24.0. The Kier molecular flexibility index (Phi) is 4.70. The van der Waals surface area contributed by atoms with Gasteiger partial charge in [0.25, 0.3) is 0 Å². The van der Waals surface area contributed by atoms with Crippen LogP contribution in [-0.4, -0.2) is 30.8 Å². The Morgan fingerprint density at radius 1 is 1.29 bits per heavy atom. The Labute approximate surface area is 132 Å². The van der Waals surface area contributed by atoms with Gasteiger partial charge in [-0.25, -0.2) is 8.42 Å². The summed E-state index contributed by atoms with van der Waals surface area (Å²) in [5.74, 6) is 0.755. The van der Waals surface area contributed by atoms with Crippen molar-refractivity contribution in [1.82, 2.24) is 4.31 Å². The van der Waals surface area contributed by atoms with E-state index in [0.717, 1.165) is 12.0 Å². The molecule has 2 N–H and O–H groups in total. The summed E-state index contributed by atoms with van der Waals surface area (Å²) >= 11 is 4.95. The van der Waals surface area contributed by atoms with E-state index in [1.54, 1.807) is 29.4 Å². The van der Waals surface area contributed by atoms with Gasteiger partial charge in [-0.3, -0.25) is 0 Å². The third-order valence-electron chi connectivity index (χ3n) is 3.93. The minimum atomic E-state index is -3.50. The van der Waals surface area contributed by atoms with Crippen molar-refractivity contribution in [2.75, 3.05) is 13.1 Å². The molecule has 116 valence electrons. The second-order valence-electron chi connectivity index (χ2n) is 6.11. The van der Waals surface area contributed by atoms with Gasteiger partial charge in [-0.2, -0.15) is 4.31 Å². The predicted molar refractivity (Wildman–Crippen MR) is 88.8 cm³/mol. The van der Waals surface area contributed by atoms with Crippen molar-refractivity contribution in [1.29, 1.82) is 0 Å². The van der Waals surface area contributed by atoms with E-state index in [-0.39, 0.29) is 4.99 Å². The molecule has 1 aliphatic rings. The highest BCUT2D eigenvalue weighted by Crippen LogP contribution is 2.28. The van der Waals surface area contributed by atoms with E-state index in [1.807, 2.05) is 0 Å². The lowest BCUT2D eigenvalue weighted by molar-refractivity contribution is 0.222. The zero-order valence-electron chi connectivity index (χ0n) is 12.7. The van der Waals surface area contributed by atoms with Gasteiger partial charge in [0.15, 0.2) is 0 Å². The second kappa shape index (κ2) is 6.02. The van der Waals surface area contributed by atoms with Crippen LogP contribution in [0.2, 0.25) is 0 Å². The number of thiocarbonyl (C=S) groups is 1. The van der Waals surface area contributed by atoms with Crippen molar-refractivity contribution < 1.29 is 8.42 Å². The van der Waals surface area contributed by atoms with Crippen LogP contribution in [0.25, 0.3) is 0 Å². The first-order valence-electron chi connectivity index (χ1n) is 7.12. The van der Waals surface area contributed by atoms with E-state index in [2.05, 4.69) is 13.8 Å². The maximum absolute atomic E-state index is 12.9. The summed E-state index contributed by atoms with van der Waals surface area (Å²) in [4.78, 5) is 0.529. The van der Waals surface area contributed by atoms with Crippen molar-refractivity contribution in [2.24, 2.45) is 17.6 Å². The average molecular weight is 326 g/mol. The Hall–Kier alpha value is -0.980. The van der Waals surface area contributed by atoms with Crippen molar-refractivity contribution in [3.05, 3.63) is 29.3 Å². The summed E-state index contributed by atoms with van der Waals surface area (Å²) in [5.41, 5.74) is 6.93. The molecule has 2 unspecified atom stereocenters. The van der Waals surface area contributed by atoms with Gasteiger partial charge in [0.05, 0.1) is 4.90 Å². The SMILES string of the molecule is Cc1ccc(C(N)=S)cc1S(=O)(=O)N1CC(C)CC(C)C1. The molecular formula is C15H22N2O2S2. The van der Waals surface area contributed by atoms with Crippen LogP contribution in [0, 0.1) is 18.8 Å². The van der Waals surface area contributed by atoms with Gasteiger partial charge in [0.2, 0.25) is 10.0 Å². The highest BCUT2D eigenvalue weighted by molar-refractivity contribution is 7.89. The third-order valence-corrected chi connectivity index (χ3v) is 6.14. The molecule has 2 rings (SSSR count). The zero-order chi connectivity index (χ0) is 15.8. The van der Waals surface area contributed by atoms with Crippen molar-refractivity contribution in [3.63, 3.8) is 0 Å². The fourth-order valence-corrected chi connectivity index (χ4v) is 5.03. The zero-order valence-corrected chi connectivity index (χ0v) is 14.3. The minimum absolute atomic E-state index is 0.215. The first-order chi connectivity index (χ1) is 9.71. The van der Waals surface area contributed by atoms with Crippen LogP contribution >= 0.6 is 12.2 Å². The van der Waals surface area contributed by atoms with E-state index in [0.29, 0.717) is 35.4 Å². The van der Waals surface area contributed by atoms with E-state index < -0.39 is 10.0 Å². The van der Waals surface area contributed by atoms with E-state index in [9.17, 15) is 8.42 Å². The molecule has 1 aliphatic heterocycles. The number of rotatable bonds is 3. The van der Waals surface area contributed by atoms with E-state index in [4.69, 9.17) is 18.0 Å². The van der Waals surface area contributed by atoms with Crippen LogP contribution in [0.1, 0.15) is 31.4 Å². The molecule has 0 spiro atoms. The largest absolute Gasteiger partial charge is 0.389 e. The lowest BCUT2D eigenvalue weighted by Gasteiger charge is -2.34. The highest BCUT2D eigenvalue weighted by Gasteiger charge is 2.32. The Bertz CT molecular complexity index is 646. The Morgan fingerprint density at radius 2 is 1.86 bits per heavy atom. The standard InChI is InChI=1S/C15H22N2O2S2/c1-10-6-11(2)9-17(8-10)21(18,19)14-7-13(15(16)20)5-4-12(14)3/h4-5,7,10-11H,6,8-9H2,1-3H3,(H2,16,20). The molecule has 0 saturated carbocycles. The Balaban J connectivity index is 2.44. The van der Waals surface area contributed by atoms with Crippen molar-refractivity contribution in [2.45, 2.75) is 32.1 Å². The molecule has 21 heavy (non-hydrogen) atoms. The van der Waals surface area contributed by atoms with Crippen LogP contribution in [-0.2, 0) is 10.0 Å². The van der Waals surface area contributed by atoms with Gasteiger partial charge < -0.3 is 5.73 Å². The van der Waals surface area contributed by atoms with Crippen LogP contribution in [0.5, 0.6) is 0 Å². The first-order valence-corrected chi connectivity index (χ1v) is 8.97. The Morgan fingerprint density at radius 3 is 2.38 bits per heavy atom. The molecule has 0 bridgehead atoms. The number of nitrogens with two attached hydrogens (primary N) is 1. The highest BCUT2D eigenvalue weighted by atomic mass is 32.2. The van der Waals surface area contributed by atoms with Crippen molar-refractivity contribution >= 4 is 27.2 Å². The fraction of sp³-hybridized carbons (Fsp3) is 0.533. The molecule has 1 fully saturated rings. The van der Waals surface area contributed by atoms with E-state index in [1.165, 1.54) is 0 Å². The summed E-state index contributed by atoms with van der Waals surface area (Å²) in [7, 11) is -3.50. The molecule has 1 aromatic rings. The van der Waals surface area contributed by atoms with Gasteiger partial charge in [-0.15, -0.1) is 0 Å². The summed E-state index contributed by atoms with van der Waals surface area (Å²) in [6, 6.07) is 5.12. The number of aryl methyl sites for hydroxylation is 1. The van der Waals surface area contributed by atoms with Gasteiger partial charge in [0, 0.05) is 18.7 Å². The number of hydrogen-bond acceptors (Lipinski definition) is 3. The molecule has 1 saturated heterocycles. The molecule has 0 aromatic heterocycles. The number of piperidine rings is 1. The van der Waals surface area contributed by atoms with Gasteiger partial charge >= 0.3 is 0 Å². The molecule has 6 heteroatoms. The minimum Gasteiger partial charge on any atom is -0.389 e. The van der Waals surface area contributed by atoms with Crippen molar-refractivity contribution in [3.8, 4) is 0 Å². The number of nitrogens with zero attached hydrogens (tertiary/aromatic N) is 1. The van der Waals surface area contributed by atoms with E-state index >= 15 is 0 Å². The molecule has 1 aromatic carbocycles. The summed E-state index contributed by atoms with van der Waals surface area (Å²) in [6.45, 7) is 7.13. The maximum atomic E-state index is 12.9. The smallest absolute Gasteiger partial charge is 0.243 e. The van der Waals surface area contributed by atoms with Crippen LogP contribution in [0.4, 0.5) is 0 Å². The molecule has 0 amide bonds. The lowest BCUT2D eigenvalue weighted by atomic mass is 9.94. The third kappa shape index (κ3) is 3.44.